The monoisotopic (exact) mass is 291 g/mol. The van der Waals surface area contributed by atoms with E-state index >= 15 is 0 Å². The highest BCUT2D eigenvalue weighted by Crippen LogP contribution is 2.26. The zero-order valence-electron chi connectivity index (χ0n) is 8.00. The first-order chi connectivity index (χ1) is 6.07. The van der Waals surface area contributed by atoms with Gasteiger partial charge >= 0.3 is 0 Å². The van der Waals surface area contributed by atoms with Crippen molar-refractivity contribution < 1.29 is 0 Å². The van der Waals surface area contributed by atoms with E-state index in [1.54, 1.807) is 0 Å². The molecule has 0 spiro atoms. The molecule has 0 saturated heterocycles. The molecule has 0 aliphatic carbocycles. The summed E-state index contributed by atoms with van der Waals surface area (Å²) in [5, 5.41) is 0. The molecule has 0 N–H and O–H groups in total. The van der Waals surface area contributed by atoms with Crippen molar-refractivity contribution in [3.05, 3.63) is 18.2 Å². The molecule has 0 unspecified atom stereocenters. The standard InChI is InChI=1S/C9H14IN3/c1-9(2,10)13-6-5-12-4-3-11-8(12)7-13/h3-4H,5-7H2,1-2H3. The van der Waals surface area contributed by atoms with E-state index in [1.807, 2.05) is 6.20 Å². The number of hydrogen-bond donors (Lipinski definition) is 0. The lowest BCUT2D eigenvalue weighted by molar-refractivity contribution is 0.162. The third kappa shape index (κ3) is 1.88. The SMILES string of the molecule is CC(C)(I)N1CCn2ccnc2C1. The number of hydrogen-bond acceptors (Lipinski definition) is 2. The van der Waals surface area contributed by atoms with Crippen LogP contribution in [0.25, 0.3) is 0 Å². The van der Waals surface area contributed by atoms with Gasteiger partial charge in [0.1, 0.15) is 5.82 Å². The number of nitrogens with zero attached hydrogens (tertiary/aromatic N) is 3. The van der Waals surface area contributed by atoms with Crippen LogP contribution in [0.1, 0.15) is 19.7 Å². The van der Waals surface area contributed by atoms with Crippen molar-refractivity contribution in [2.75, 3.05) is 6.54 Å². The maximum Gasteiger partial charge on any atom is 0.122 e. The summed E-state index contributed by atoms with van der Waals surface area (Å²) < 4.78 is 2.47. The van der Waals surface area contributed by atoms with E-state index in [4.69, 9.17) is 0 Å². The van der Waals surface area contributed by atoms with E-state index in [0.717, 1.165) is 19.6 Å². The molecular weight excluding hydrogens is 277 g/mol. The van der Waals surface area contributed by atoms with Crippen molar-refractivity contribution in [2.24, 2.45) is 0 Å². The van der Waals surface area contributed by atoms with Gasteiger partial charge in [-0.15, -0.1) is 0 Å². The van der Waals surface area contributed by atoms with E-state index in [1.165, 1.54) is 5.82 Å². The van der Waals surface area contributed by atoms with Crippen molar-refractivity contribution in [1.29, 1.82) is 0 Å². The van der Waals surface area contributed by atoms with E-state index in [2.05, 4.69) is 57.1 Å². The highest BCUT2D eigenvalue weighted by atomic mass is 127. The third-order valence-electron chi connectivity index (χ3n) is 2.50. The number of halogens is 1. The Morgan fingerprint density at radius 2 is 2.23 bits per heavy atom. The van der Waals surface area contributed by atoms with Crippen LogP contribution >= 0.6 is 22.6 Å². The molecule has 2 heterocycles. The van der Waals surface area contributed by atoms with Gasteiger partial charge < -0.3 is 4.57 Å². The summed E-state index contributed by atoms with van der Waals surface area (Å²) in [7, 11) is 0. The Balaban J connectivity index is 2.18. The minimum absolute atomic E-state index is 0.231. The Bertz CT molecular complexity index is 300. The average molecular weight is 291 g/mol. The maximum atomic E-state index is 4.34. The van der Waals surface area contributed by atoms with Crippen LogP contribution in [0.3, 0.4) is 0 Å². The molecule has 0 aromatic carbocycles. The highest BCUT2D eigenvalue weighted by Gasteiger charge is 2.27. The third-order valence-corrected chi connectivity index (χ3v) is 3.18. The smallest absolute Gasteiger partial charge is 0.122 e. The van der Waals surface area contributed by atoms with E-state index in [0.29, 0.717) is 0 Å². The van der Waals surface area contributed by atoms with Crippen LogP contribution in [-0.2, 0) is 13.1 Å². The van der Waals surface area contributed by atoms with E-state index < -0.39 is 0 Å². The molecule has 0 saturated carbocycles. The molecule has 0 bridgehead atoms. The summed E-state index contributed by atoms with van der Waals surface area (Å²) in [5.41, 5.74) is 0. The summed E-state index contributed by atoms with van der Waals surface area (Å²) in [6.07, 6.45) is 3.95. The van der Waals surface area contributed by atoms with Crippen LogP contribution in [0.2, 0.25) is 0 Å². The number of alkyl halides is 1. The lowest BCUT2D eigenvalue weighted by Gasteiger charge is -2.36. The summed E-state index contributed by atoms with van der Waals surface area (Å²) in [6.45, 7) is 7.66. The fourth-order valence-electron chi connectivity index (χ4n) is 1.63. The first-order valence-electron chi connectivity index (χ1n) is 4.51. The van der Waals surface area contributed by atoms with Crippen molar-refractivity contribution in [3.63, 3.8) is 0 Å². The van der Waals surface area contributed by atoms with Gasteiger partial charge in [-0.1, -0.05) is 22.6 Å². The minimum atomic E-state index is 0.231. The Morgan fingerprint density at radius 1 is 1.46 bits per heavy atom. The normalized spacial score (nSPS) is 18.7. The van der Waals surface area contributed by atoms with Gasteiger partial charge in [0.15, 0.2) is 0 Å². The van der Waals surface area contributed by atoms with Crippen LogP contribution in [0.15, 0.2) is 12.4 Å². The van der Waals surface area contributed by atoms with Crippen LogP contribution < -0.4 is 0 Å². The Hall–Kier alpha value is -0.100. The van der Waals surface area contributed by atoms with E-state index in [-0.39, 0.29) is 3.55 Å². The second-order valence-corrected chi connectivity index (χ2v) is 6.51. The zero-order chi connectivity index (χ0) is 9.47. The molecule has 1 aliphatic rings. The largest absolute Gasteiger partial charge is 0.333 e. The van der Waals surface area contributed by atoms with Crippen molar-refractivity contribution in [3.8, 4) is 0 Å². The number of fused-ring (bicyclic) bond motifs is 1. The molecule has 1 aromatic rings. The fraction of sp³-hybridized carbons (Fsp3) is 0.667. The van der Waals surface area contributed by atoms with Gasteiger partial charge in [0.2, 0.25) is 0 Å². The molecule has 4 heteroatoms. The molecule has 0 atom stereocenters. The van der Waals surface area contributed by atoms with Gasteiger partial charge in [-0.3, -0.25) is 4.90 Å². The van der Waals surface area contributed by atoms with Gasteiger partial charge in [0, 0.05) is 25.5 Å². The molecule has 3 nitrogen and oxygen atoms in total. The summed E-state index contributed by atoms with van der Waals surface area (Å²) in [6, 6.07) is 0. The average Bonchev–Trinajstić information content (AvgIpc) is 2.47. The molecule has 0 fully saturated rings. The molecule has 13 heavy (non-hydrogen) atoms. The fourth-order valence-corrected chi connectivity index (χ4v) is 2.04. The lowest BCUT2D eigenvalue weighted by Crippen LogP contribution is -2.43. The second-order valence-electron chi connectivity index (χ2n) is 3.87. The predicted octanol–water partition coefficient (Wildman–Crippen LogP) is 1.87. The molecule has 1 aromatic heterocycles. The lowest BCUT2D eigenvalue weighted by atomic mass is 10.2. The Morgan fingerprint density at radius 3 is 2.92 bits per heavy atom. The molecule has 2 rings (SSSR count). The maximum absolute atomic E-state index is 4.34. The van der Waals surface area contributed by atoms with Gasteiger partial charge in [0.25, 0.3) is 0 Å². The van der Waals surface area contributed by atoms with Crippen LogP contribution in [0, 0.1) is 0 Å². The molecule has 0 amide bonds. The number of aromatic nitrogens is 2. The highest BCUT2D eigenvalue weighted by molar-refractivity contribution is 14.1. The zero-order valence-corrected chi connectivity index (χ0v) is 10.2. The molecule has 72 valence electrons. The van der Waals surface area contributed by atoms with Gasteiger partial charge in [-0.2, -0.15) is 0 Å². The predicted molar refractivity (Wildman–Crippen MR) is 60.7 cm³/mol. The van der Waals surface area contributed by atoms with Crippen LogP contribution in [0.5, 0.6) is 0 Å². The first kappa shape index (κ1) is 9.45. The summed E-state index contributed by atoms with van der Waals surface area (Å²) in [4.78, 5) is 6.79. The molecule has 1 aliphatic heterocycles. The molecule has 0 radical (unpaired) electrons. The Labute approximate surface area is 92.3 Å². The summed E-state index contributed by atoms with van der Waals surface area (Å²) >= 11 is 2.48. The Kier molecular flexibility index (Phi) is 2.35. The molecular formula is C9H14IN3. The minimum Gasteiger partial charge on any atom is -0.333 e. The first-order valence-corrected chi connectivity index (χ1v) is 5.59. The van der Waals surface area contributed by atoms with Gasteiger partial charge in [-0.05, 0) is 13.8 Å². The van der Waals surface area contributed by atoms with Crippen LogP contribution in [-0.4, -0.2) is 24.5 Å². The van der Waals surface area contributed by atoms with Crippen molar-refractivity contribution in [2.45, 2.75) is 30.5 Å². The van der Waals surface area contributed by atoms with Crippen molar-refractivity contribution >= 4 is 22.6 Å². The van der Waals surface area contributed by atoms with E-state index in [9.17, 15) is 0 Å². The van der Waals surface area contributed by atoms with Gasteiger partial charge in [-0.25, -0.2) is 4.98 Å². The van der Waals surface area contributed by atoms with Crippen molar-refractivity contribution in [1.82, 2.24) is 14.5 Å². The van der Waals surface area contributed by atoms with Crippen LogP contribution in [0.4, 0.5) is 0 Å². The quantitative estimate of drug-likeness (QED) is 0.447. The van der Waals surface area contributed by atoms with Gasteiger partial charge in [0.05, 0.1) is 10.1 Å². The second kappa shape index (κ2) is 3.24. The number of rotatable bonds is 1. The summed E-state index contributed by atoms with van der Waals surface area (Å²) in [5.74, 6) is 1.19. The topological polar surface area (TPSA) is 21.1 Å². The number of imidazole rings is 1.